The predicted octanol–water partition coefficient (Wildman–Crippen LogP) is 2.20. The van der Waals surface area contributed by atoms with Gasteiger partial charge in [-0.3, -0.25) is 4.79 Å². The number of nitrogens with zero attached hydrogens (tertiary/aromatic N) is 1. The monoisotopic (exact) mass is 316 g/mol. The highest BCUT2D eigenvalue weighted by Crippen LogP contribution is 2.22. The number of carbonyl (C=O) groups excluding carboxylic acids is 1. The van der Waals surface area contributed by atoms with Gasteiger partial charge in [0.1, 0.15) is 0 Å². The van der Waals surface area contributed by atoms with Crippen LogP contribution in [0.2, 0.25) is 5.02 Å². The molecule has 1 amide bonds. The van der Waals surface area contributed by atoms with Crippen LogP contribution in [0.15, 0.2) is 22.7 Å². The molecule has 1 atom stereocenters. The van der Waals surface area contributed by atoms with Crippen LogP contribution in [0, 0.1) is 0 Å². The second-order valence-electron chi connectivity index (χ2n) is 4.30. The van der Waals surface area contributed by atoms with E-state index in [0.29, 0.717) is 18.0 Å². The first-order chi connectivity index (χ1) is 8.06. The smallest absolute Gasteiger partial charge is 0.227 e. The molecule has 1 aliphatic rings. The van der Waals surface area contributed by atoms with E-state index in [0.717, 1.165) is 23.0 Å². The Morgan fingerprint density at radius 3 is 2.94 bits per heavy atom. The van der Waals surface area contributed by atoms with Crippen molar-refractivity contribution in [1.29, 1.82) is 0 Å². The normalized spacial score (nSPS) is 19.7. The van der Waals surface area contributed by atoms with Crippen molar-refractivity contribution in [3.8, 4) is 0 Å². The van der Waals surface area contributed by atoms with Gasteiger partial charge in [-0.15, -0.1) is 0 Å². The summed E-state index contributed by atoms with van der Waals surface area (Å²) >= 11 is 9.27. The summed E-state index contributed by atoms with van der Waals surface area (Å²) in [6.07, 6.45) is 1.29. The summed E-state index contributed by atoms with van der Waals surface area (Å²) in [5.74, 6) is 0.126. The highest BCUT2D eigenvalue weighted by atomic mass is 79.9. The number of amides is 1. The van der Waals surface area contributed by atoms with E-state index < -0.39 is 0 Å². The van der Waals surface area contributed by atoms with Crippen LogP contribution in [0.1, 0.15) is 12.0 Å². The molecule has 1 aliphatic heterocycles. The van der Waals surface area contributed by atoms with Crippen molar-refractivity contribution < 1.29 is 4.79 Å². The lowest BCUT2D eigenvalue weighted by Crippen LogP contribution is -2.32. The van der Waals surface area contributed by atoms with Gasteiger partial charge in [-0.05, 0) is 24.1 Å². The van der Waals surface area contributed by atoms with Crippen LogP contribution >= 0.6 is 27.5 Å². The van der Waals surface area contributed by atoms with Gasteiger partial charge in [-0.1, -0.05) is 33.6 Å². The number of halogens is 2. The summed E-state index contributed by atoms with van der Waals surface area (Å²) in [6, 6.07) is 5.61. The van der Waals surface area contributed by atoms with Crippen LogP contribution < -0.4 is 5.73 Å². The summed E-state index contributed by atoms with van der Waals surface area (Å²) in [5, 5.41) is 0.663. The van der Waals surface area contributed by atoms with Gasteiger partial charge in [0, 0.05) is 28.6 Å². The zero-order valence-corrected chi connectivity index (χ0v) is 11.7. The minimum Gasteiger partial charge on any atom is -0.341 e. The molecule has 17 heavy (non-hydrogen) atoms. The summed E-state index contributed by atoms with van der Waals surface area (Å²) < 4.78 is 0.877. The number of rotatable bonds is 2. The molecule has 0 bridgehead atoms. The standard InChI is InChI=1S/C12H14BrClN2O/c13-11-6-9(14)2-1-8(11)5-12(17)16-4-3-10(15)7-16/h1-2,6,10H,3-5,7,15H2/t10-/m0/s1. The van der Waals surface area contributed by atoms with Gasteiger partial charge in [0.2, 0.25) is 5.91 Å². The molecule has 1 aromatic carbocycles. The van der Waals surface area contributed by atoms with Gasteiger partial charge < -0.3 is 10.6 Å². The van der Waals surface area contributed by atoms with Crippen LogP contribution in [-0.4, -0.2) is 29.9 Å². The summed E-state index contributed by atoms with van der Waals surface area (Å²) in [4.78, 5) is 13.8. The van der Waals surface area contributed by atoms with Crippen LogP contribution in [0.4, 0.5) is 0 Å². The topological polar surface area (TPSA) is 46.3 Å². The molecule has 0 aromatic heterocycles. The van der Waals surface area contributed by atoms with Gasteiger partial charge in [0.25, 0.3) is 0 Å². The van der Waals surface area contributed by atoms with Crippen LogP contribution in [-0.2, 0) is 11.2 Å². The average molecular weight is 318 g/mol. The van der Waals surface area contributed by atoms with E-state index in [1.807, 2.05) is 11.0 Å². The number of carbonyl (C=O) groups is 1. The predicted molar refractivity (Wildman–Crippen MR) is 72.0 cm³/mol. The van der Waals surface area contributed by atoms with Gasteiger partial charge in [-0.25, -0.2) is 0 Å². The van der Waals surface area contributed by atoms with Gasteiger partial charge in [0.05, 0.1) is 6.42 Å². The van der Waals surface area contributed by atoms with Gasteiger partial charge in [-0.2, -0.15) is 0 Å². The Labute approximate surface area is 114 Å². The van der Waals surface area contributed by atoms with Crippen LogP contribution in [0.25, 0.3) is 0 Å². The Morgan fingerprint density at radius 2 is 2.35 bits per heavy atom. The van der Waals surface area contributed by atoms with Gasteiger partial charge >= 0.3 is 0 Å². The lowest BCUT2D eigenvalue weighted by atomic mass is 10.1. The molecule has 0 spiro atoms. The maximum Gasteiger partial charge on any atom is 0.227 e. The molecule has 0 unspecified atom stereocenters. The Kier molecular flexibility index (Phi) is 4.07. The number of nitrogens with two attached hydrogens (primary N) is 1. The largest absolute Gasteiger partial charge is 0.341 e. The van der Waals surface area contributed by atoms with E-state index in [1.54, 1.807) is 12.1 Å². The fourth-order valence-corrected chi connectivity index (χ4v) is 2.78. The molecule has 1 fully saturated rings. The van der Waals surface area contributed by atoms with E-state index in [2.05, 4.69) is 15.9 Å². The third-order valence-electron chi connectivity index (χ3n) is 2.93. The second-order valence-corrected chi connectivity index (χ2v) is 5.59. The third-order valence-corrected chi connectivity index (χ3v) is 3.91. The Morgan fingerprint density at radius 1 is 1.59 bits per heavy atom. The van der Waals surface area contributed by atoms with Crippen molar-refractivity contribution in [1.82, 2.24) is 4.90 Å². The molecule has 0 aliphatic carbocycles. The fourth-order valence-electron chi connectivity index (χ4n) is 1.95. The minimum absolute atomic E-state index is 0.126. The van der Waals surface area contributed by atoms with Crippen molar-refractivity contribution in [3.05, 3.63) is 33.3 Å². The maximum absolute atomic E-state index is 12.0. The molecule has 92 valence electrons. The summed E-state index contributed by atoms with van der Waals surface area (Å²) in [5.41, 5.74) is 6.74. The second kappa shape index (κ2) is 5.38. The van der Waals surface area contributed by atoms with Crippen LogP contribution in [0.3, 0.4) is 0 Å². The molecule has 0 saturated carbocycles. The molecular weight excluding hydrogens is 304 g/mol. The highest BCUT2D eigenvalue weighted by molar-refractivity contribution is 9.10. The molecular formula is C12H14BrClN2O. The first-order valence-electron chi connectivity index (χ1n) is 5.53. The molecule has 2 N–H and O–H groups in total. The molecule has 2 rings (SSSR count). The molecule has 5 heteroatoms. The Balaban J connectivity index is 2.03. The third kappa shape index (κ3) is 3.21. The Bertz CT molecular complexity index is 439. The number of hydrogen-bond donors (Lipinski definition) is 1. The first kappa shape index (κ1) is 12.9. The molecule has 1 aromatic rings. The van der Waals surface area contributed by atoms with E-state index in [-0.39, 0.29) is 11.9 Å². The van der Waals surface area contributed by atoms with Crippen LogP contribution in [0.5, 0.6) is 0 Å². The van der Waals surface area contributed by atoms with Crippen molar-refractivity contribution in [3.63, 3.8) is 0 Å². The SMILES string of the molecule is N[C@H]1CCN(C(=O)Cc2ccc(Cl)cc2Br)C1. The first-order valence-corrected chi connectivity index (χ1v) is 6.70. The van der Waals surface area contributed by atoms with E-state index >= 15 is 0 Å². The molecule has 1 saturated heterocycles. The van der Waals surface area contributed by atoms with Crippen molar-refractivity contribution >= 4 is 33.4 Å². The summed E-state index contributed by atoms with van der Waals surface area (Å²) in [6.45, 7) is 1.44. The molecule has 0 radical (unpaired) electrons. The zero-order chi connectivity index (χ0) is 12.4. The highest BCUT2D eigenvalue weighted by Gasteiger charge is 2.23. The minimum atomic E-state index is 0.126. The zero-order valence-electron chi connectivity index (χ0n) is 9.33. The lowest BCUT2D eigenvalue weighted by Gasteiger charge is -2.16. The quantitative estimate of drug-likeness (QED) is 0.909. The average Bonchev–Trinajstić information content (AvgIpc) is 2.69. The lowest BCUT2D eigenvalue weighted by molar-refractivity contribution is -0.129. The van der Waals surface area contributed by atoms with Crippen molar-refractivity contribution in [2.24, 2.45) is 5.73 Å². The van der Waals surface area contributed by atoms with E-state index in [9.17, 15) is 4.79 Å². The maximum atomic E-state index is 12.0. The van der Waals surface area contributed by atoms with Crippen molar-refractivity contribution in [2.75, 3.05) is 13.1 Å². The van der Waals surface area contributed by atoms with E-state index in [1.165, 1.54) is 0 Å². The van der Waals surface area contributed by atoms with Crippen molar-refractivity contribution in [2.45, 2.75) is 18.9 Å². The fraction of sp³-hybridized carbons (Fsp3) is 0.417. The van der Waals surface area contributed by atoms with E-state index in [4.69, 9.17) is 17.3 Å². The Hall–Kier alpha value is -0.580. The van der Waals surface area contributed by atoms with Gasteiger partial charge in [0.15, 0.2) is 0 Å². The molecule has 3 nitrogen and oxygen atoms in total. The number of benzene rings is 1. The molecule has 1 heterocycles. The summed E-state index contributed by atoms with van der Waals surface area (Å²) in [7, 11) is 0. The number of hydrogen-bond acceptors (Lipinski definition) is 2. The number of likely N-dealkylation sites (tertiary alicyclic amines) is 1.